The molecule has 1 amide bonds. The zero-order valence-corrected chi connectivity index (χ0v) is 10.4. The molecule has 0 bridgehead atoms. The van der Waals surface area contributed by atoms with Gasteiger partial charge in [-0.05, 0) is 36.4 Å². The summed E-state index contributed by atoms with van der Waals surface area (Å²) in [6, 6.07) is 13.1. The minimum Gasteiger partial charge on any atom is -0.330 e. The van der Waals surface area contributed by atoms with Gasteiger partial charge in [-0.2, -0.15) is 5.26 Å². The van der Waals surface area contributed by atoms with Crippen LogP contribution in [0.15, 0.2) is 42.5 Å². The van der Waals surface area contributed by atoms with E-state index in [9.17, 15) is 9.18 Å². The maximum atomic E-state index is 13.3. The van der Waals surface area contributed by atoms with Crippen LogP contribution in [0.5, 0.6) is 0 Å². The van der Waals surface area contributed by atoms with Gasteiger partial charge in [0.25, 0.3) is 0 Å². The molecule has 0 radical (unpaired) electrons. The Labute approximate surface area is 115 Å². The van der Waals surface area contributed by atoms with Crippen LogP contribution in [0, 0.1) is 17.1 Å². The van der Waals surface area contributed by atoms with Crippen LogP contribution >= 0.6 is 0 Å². The predicted octanol–water partition coefficient (Wildman–Crippen LogP) is 2.79. The van der Waals surface area contributed by atoms with Crippen molar-refractivity contribution in [3.63, 3.8) is 0 Å². The van der Waals surface area contributed by atoms with E-state index in [2.05, 4.69) is 5.32 Å². The number of anilines is 3. The van der Waals surface area contributed by atoms with Gasteiger partial charge in [0.2, 0.25) is 5.91 Å². The quantitative estimate of drug-likeness (QED) is 0.864. The minimum absolute atomic E-state index is 0.113. The summed E-state index contributed by atoms with van der Waals surface area (Å²) in [5.74, 6) is -0.555. The normalized spacial score (nSPS) is 13.4. The number of carbonyl (C=O) groups excluding carboxylic acids is 1. The maximum Gasteiger partial charge on any atom is 0.244 e. The molecule has 0 unspecified atom stereocenters. The number of halogens is 1. The molecule has 2 aromatic carbocycles. The van der Waals surface area contributed by atoms with E-state index < -0.39 is 0 Å². The van der Waals surface area contributed by atoms with E-state index in [-0.39, 0.29) is 18.3 Å². The number of hydrogen-bond acceptors (Lipinski definition) is 3. The van der Waals surface area contributed by atoms with Gasteiger partial charge in [0, 0.05) is 5.69 Å². The number of nitriles is 1. The molecule has 1 N–H and O–H groups in total. The molecule has 0 fully saturated rings. The standard InChI is InChI=1S/C15H10FN3O/c16-11-2-1-3-12(7-11)19-9-15(20)18-13-6-10(8-17)4-5-14(13)19/h1-7H,9H2,(H,18,20). The van der Waals surface area contributed by atoms with Gasteiger partial charge < -0.3 is 10.2 Å². The lowest BCUT2D eigenvalue weighted by Crippen LogP contribution is -2.35. The Morgan fingerprint density at radius 2 is 2.10 bits per heavy atom. The Hall–Kier alpha value is -2.87. The average Bonchev–Trinajstić information content (AvgIpc) is 2.45. The van der Waals surface area contributed by atoms with Crippen molar-refractivity contribution in [2.24, 2.45) is 0 Å². The highest BCUT2D eigenvalue weighted by Crippen LogP contribution is 2.35. The second-order valence-corrected chi connectivity index (χ2v) is 4.46. The smallest absolute Gasteiger partial charge is 0.244 e. The summed E-state index contributed by atoms with van der Waals surface area (Å²) in [4.78, 5) is 13.5. The highest BCUT2D eigenvalue weighted by atomic mass is 19.1. The van der Waals surface area contributed by atoms with E-state index in [4.69, 9.17) is 5.26 Å². The van der Waals surface area contributed by atoms with E-state index in [1.54, 1.807) is 35.2 Å². The number of amides is 1. The van der Waals surface area contributed by atoms with E-state index in [0.29, 0.717) is 16.9 Å². The third-order valence-electron chi connectivity index (χ3n) is 3.11. The van der Waals surface area contributed by atoms with Gasteiger partial charge in [0.15, 0.2) is 0 Å². The topological polar surface area (TPSA) is 56.1 Å². The largest absolute Gasteiger partial charge is 0.330 e. The minimum atomic E-state index is -0.358. The van der Waals surface area contributed by atoms with Crippen LogP contribution in [0.25, 0.3) is 0 Å². The molecule has 0 saturated heterocycles. The monoisotopic (exact) mass is 267 g/mol. The van der Waals surface area contributed by atoms with E-state index in [1.165, 1.54) is 12.1 Å². The van der Waals surface area contributed by atoms with E-state index in [0.717, 1.165) is 5.69 Å². The first kappa shape index (κ1) is 12.2. The number of carbonyl (C=O) groups is 1. The van der Waals surface area contributed by atoms with Crippen molar-refractivity contribution in [3.8, 4) is 6.07 Å². The van der Waals surface area contributed by atoms with Gasteiger partial charge in [0.1, 0.15) is 12.4 Å². The second-order valence-electron chi connectivity index (χ2n) is 4.46. The van der Waals surface area contributed by atoms with Crippen molar-refractivity contribution < 1.29 is 9.18 Å². The number of rotatable bonds is 1. The van der Waals surface area contributed by atoms with E-state index in [1.807, 2.05) is 6.07 Å². The first-order valence-corrected chi connectivity index (χ1v) is 6.04. The molecule has 98 valence electrons. The molecule has 0 aromatic heterocycles. The van der Waals surface area contributed by atoms with Crippen molar-refractivity contribution in [2.75, 3.05) is 16.8 Å². The maximum absolute atomic E-state index is 13.3. The van der Waals surface area contributed by atoms with Crippen LogP contribution in [0.4, 0.5) is 21.5 Å². The number of hydrogen-bond donors (Lipinski definition) is 1. The molecule has 4 nitrogen and oxygen atoms in total. The number of benzene rings is 2. The fourth-order valence-corrected chi connectivity index (χ4v) is 2.23. The summed E-state index contributed by atoms with van der Waals surface area (Å²) in [6.45, 7) is 0.113. The molecule has 0 spiro atoms. The van der Waals surface area contributed by atoms with Crippen molar-refractivity contribution in [1.29, 1.82) is 5.26 Å². The van der Waals surface area contributed by atoms with Crippen molar-refractivity contribution in [3.05, 3.63) is 53.8 Å². The zero-order chi connectivity index (χ0) is 14.1. The Morgan fingerprint density at radius 1 is 1.25 bits per heavy atom. The van der Waals surface area contributed by atoms with Gasteiger partial charge in [-0.15, -0.1) is 0 Å². The van der Waals surface area contributed by atoms with E-state index >= 15 is 0 Å². The predicted molar refractivity (Wildman–Crippen MR) is 73.2 cm³/mol. The van der Waals surface area contributed by atoms with Crippen LogP contribution in [-0.2, 0) is 4.79 Å². The lowest BCUT2D eigenvalue weighted by molar-refractivity contribution is -0.115. The van der Waals surface area contributed by atoms with Crippen molar-refractivity contribution >= 4 is 23.0 Å². The first-order chi connectivity index (χ1) is 9.67. The number of nitrogens with zero attached hydrogens (tertiary/aromatic N) is 2. The Morgan fingerprint density at radius 3 is 2.85 bits per heavy atom. The Balaban J connectivity index is 2.11. The Kier molecular flexibility index (Phi) is 2.84. The number of fused-ring (bicyclic) bond motifs is 1. The van der Waals surface area contributed by atoms with Crippen LogP contribution in [0.1, 0.15) is 5.56 Å². The van der Waals surface area contributed by atoms with Crippen molar-refractivity contribution in [1.82, 2.24) is 0 Å². The van der Waals surface area contributed by atoms with Crippen LogP contribution < -0.4 is 10.2 Å². The summed E-state index contributed by atoms with van der Waals surface area (Å²) in [6.07, 6.45) is 0. The van der Waals surface area contributed by atoms with Gasteiger partial charge in [-0.1, -0.05) is 6.07 Å². The molecular formula is C15H10FN3O. The zero-order valence-electron chi connectivity index (χ0n) is 10.4. The van der Waals surface area contributed by atoms with Crippen molar-refractivity contribution in [2.45, 2.75) is 0 Å². The molecule has 1 aliphatic rings. The third-order valence-corrected chi connectivity index (χ3v) is 3.11. The molecule has 1 aliphatic heterocycles. The van der Waals surface area contributed by atoms with Gasteiger partial charge in [0.05, 0.1) is 23.0 Å². The summed E-state index contributed by atoms with van der Waals surface area (Å²) >= 11 is 0. The average molecular weight is 267 g/mol. The molecular weight excluding hydrogens is 257 g/mol. The third kappa shape index (κ3) is 2.08. The molecule has 20 heavy (non-hydrogen) atoms. The molecule has 3 rings (SSSR count). The molecule has 0 saturated carbocycles. The SMILES string of the molecule is N#Cc1ccc2c(c1)NC(=O)CN2c1cccc(F)c1. The number of nitrogens with one attached hydrogen (secondary N) is 1. The van der Waals surface area contributed by atoms with Crippen LogP contribution in [-0.4, -0.2) is 12.5 Å². The van der Waals surface area contributed by atoms with Crippen LogP contribution in [0.2, 0.25) is 0 Å². The summed E-state index contributed by atoms with van der Waals surface area (Å²) < 4.78 is 13.3. The van der Waals surface area contributed by atoms with Gasteiger partial charge in [-0.3, -0.25) is 4.79 Å². The Bertz CT molecular complexity index is 736. The lowest BCUT2D eigenvalue weighted by atomic mass is 10.1. The van der Waals surface area contributed by atoms with Gasteiger partial charge >= 0.3 is 0 Å². The molecule has 0 atom stereocenters. The molecule has 5 heteroatoms. The van der Waals surface area contributed by atoms with Crippen LogP contribution in [0.3, 0.4) is 0 Å². The second kappa shape index (κ2) is 4.67. The first-order valence-electron chi connectivity index (χ1n) is 6.04. The summed E-state index contributed by atoms with van der Waals surface area (Å²) in [7, 11) is 0. The fraction of sp³-hybridized carbons (Fsp3) is 0.0667. The summed E-state index contributed by atoms with van der Waals surface area (Å²) in [5.41, 5.74) is 2.37. The molecule has 1 heterocycles. The summed E-state index contributed by atoms with van der Waals surface area (Å²) in [5, 5.41) is 11.6. The highest BCUT2D eigenvalue weighted by Gasteiger charge is 2.23. The molecule has 2 aromatic rings. The van der Waals surface area contributed by atoms with Gasteiger partial charge in [-0.25, -0.2) is 4.39 Å². The fourth-order valence-electron chi connectivity index (χ4n) is 2.23. The molecule has 0 aliphatic carbocycles. The highest BCUT2D eigenvalue weighted by molar-refractivity contribution is 6.03. The lowest BCUT2D eigenvalue weighted by Gasteiger charge is -2.31.